The summed E-state index contributed by atoms with van der Waals surface area (Å²) in [5.74, 6) is 2.30. The number of ether oxygens (including phenoxy) is 1. The van der Waals surface area contributed by atoms with Gasteiger partial charge in [-0.1, -0.05) is 11.6 Å². The minimum Gasteiger partial charge on any atom is -0.474 e. The molecule has 1 N–H and O–H groups in total. The second-order valence-electron chi connectivity index (χ2n) is 7.86. The third-order valence-electron chi connectivity index (χ3n) is 5.88. The van der Waals surface area contributed by atoms with E-state index in [-0.39, 0.29) is 25.1 Å². The van der Waals surface area contributed by atoms with Crippen molar-refractivity contribution < 1.29 is 14.6 Å². The summed E-state index contributed by atoms with van der Waals surface area (Å²) >= 11 is 6.20. The first-order chi connectivity index (χ1) is 15.1. The van der Waals surface area contributed by atoms with Crippen molar-refractivity contribution >= 4 is 17.7 Å². The molecule has 1 aromatic carbocycles. The van der Waals surface area contributed by atoms with Crippen LogP contribution in [0.2, 0.25) is 5.02 Å². The van der Waals surface area contributed by atoms with Gasteiger partial charge in [0.15, 0.2) is 5.82 Å². The SMILES string of the molecule is O=C(O)N1Cc2cc(Cl)ccc2-n2c(nnc2C2CCC(Oc3ccncn3)CC2)C1. The van der Waals surface area contributed by atoms with Crippen molar-refractivity contribution in [1.29, 1.82) is 0 Å². The van der Waals surface area contributed by atoms with E-state index in [1.165, 1.54) is 11.2 Å². The lowest BCUT2D eigenvalue weighted by Gasteiger charge is -2.28. The first kappa shape index (κ1) is 19.7. The average molecular weight is 441 g/mol. The van der Waals surface area contributed by atoms with Crippen LogP contribution in [0.15, 0.2) is 36.8 Å². The molecule has 0 atom stereocenters. The van der Waals surface area contributed by atoms with Gasteiger partial charge in [0.1, 0.15) is 18.3 Å². The molecular weight excluding hydrogens is 420 g/mol. The number of halogens is 1. The van der Waals surface area contributed by atoms with Gasteiger partial charge < -0.3 is 9.84 Å². The predicted molar refractivity (Wildman–Crippen MR) is 111 cm³/mol. The molecule has 160 valence electrons. The number of hydrogen-bond acceptors (Lipinski definition) is 6. The van der Waals surface area contributed by atoms with E-state index in [2.05, 4.69) is 20.2 Å². The molecular formula is C21H21ClN6O3. The van der Waals surface area contributed by atoms with E-state index < -0.39 is 6.09 Å². The van der Waals surface area contributed by atoms with E-state index in [0.29, 0.717) is 16.7 Å². The number of nitrogens with zero attached hydrogens (tertiary/aromatic N) is 6. The number of fused-ring (bicyclic) bond motifs is 3. The van der Waals surface area contributed by atoms with Crippen LogP contribution >= 0.6 is 11.6 Å². The Bertz CT molecular complexity index is 1100. The lowest BCUT2D eigenvalue weighted by Crippen LogP contribution is -2.28. The van der Waals surface area contributed by atoms with Crippen molar-refractivity contribution in [2.75, 3.05) is 0 Å². The van der Waals surface area contributed by atoms with Crippen LogP contribution in [0.4, 0.5) is 4.79 Å². The summed E-state index contributed by atoms with van der Waals surface area (Å²) in [7, 11) is 0. The Hall–Kier alpha value is -3.20. The molecule has 0 unspecified atom stereocenters. The van der Waals surface area contributed by atoms with Gasteiger partial charge in [0, 0.05) is 23.2 Å². The minimum absolute atomic E-state index is 0.103. The van der Waals surface area contributed by atoms with Gasteiger partial charge in [-0.3, -0.25) is 9.47 Å². The van der Waals surface area contributed by atoms with Gasteiger partial charge in [0.05, 0.1) is 18.8 Å². The van der Waals surface area contributed by atoms with Crippen LogP contribution < -0.4 is 4.74 Å². The van der Waals surface area contributed by atoms with Crippen LogP contribution in [0.5, 0.6) is 5.88 Å². The third-order valence-corrected chi connectivity index (χ3v) is 6.12. The molecule has 5 rings (SSSR count). The number of carboxylic acid groups (broad SMARTS) is 1. The van der Waals surface area contributed by atoms with Crippen molar-refractivity contribution in [2.45, 2.75) is 50.8 Å². The number of carbonyl (C=O) groups is 1. The van der Waals surface area contributed by atoms with Gasteiger partial charge in [-0.15, -0.1) is 10.2 Å². The fraction of sp³-hybridized carbons (Fsp3) is 0.381. The fourth-order valence-corrected chi connectivity index (χ4v) is 4.58. The lowest BCUT2D eigenvalue weighted by atomic mass is 9.86. The van der Waals surface area contributed by atoms with E-state index in [9.17, 15) is 9.90 Å². The summed E-state index contributed by atoms with van der Waals surface area (Å²) < 4.78 is 8.00. The lowest BCUT2D eigenvalue weighted by molar-refractivity contribution is 0.137. The Labute approximate surface area is 183 Å². The molecule has 3 aromatic rings. The van der Waals surface area contributed by atoms with Crippen molar-refractivity contribution in [1.82, 2.24) is 29.6 Å². The topological polar surface area (TPSA) is 106 Å². The molecule has 10 heteroatoms. The summed E-state index contributed by atoms with van der Waals surface area (Å²) in [4.78, 5) is 21.1. The van der Waals surface area contributed by atoms with Gasteiger partial charge in [0.2, 0.25) is 5.88 Å². The Morgan fingerprint density at radius 3 is 2.71 bits per heavy atom. The highest BCUT2D eigenvalue weighted by Crippen LogP contribution is 2.36. The molecule has 0 bridgehead atoms. The van der Waals surface area contributed by atoms with Gasteiger partial charge in [0.25, 0.3) is 0 Å². The van der Waals surface area contributed by atoms with Crippen LogP contribution in [0.1, 0.15) is 48.8 Å². The molecule has 9 nitrogen and oxygen atoms in total. The number of rotatable bonds is 3. The van der Waals surface area contributed by atoms with Gasteiger partial charge in [-0.25, -0.2) is 14.8 Å². The standard InChI is InChI=1S/C21H21ClN6O3/c22-15-3-6-17-14(9-15)10-27(21(29)30)11-18-25-26-20(28(17)18)13-1-4-16(5-2-13)31-19-7-8-23-12-24-19/h3,6-9,12-13,16H,1-2,4-5,10-11H2,(H,29,30). The zero-order valence-electron chi connectivity index (χ0n) is 16.7. The summed E-state index contributed by atoms with van der Waals surface area (Å²) in [6, 6.07) is 7.32. The van der Waals surface area contributed by atoms with Gasteiger partial charge in [-0.2, -0.15) is 0 Å². The number of amides is 1. The molecule has 31 heavy (non-hydrogen) atoms. The van der Waals surface area contributed by atoms with E-state index in [1.54, 1.807) is 12.3 Å². The molecule has 0 radical (unpaired) electrons. The minimum atomic E-state index is -0.994. The second-order valence-corrected chi connectivity index (χ2v) is 8.30. The average Bonchev–Trinajstić information content (AvgIpc) is 3.10. The highest BCUT2D eigenvalue weighted by atomic mass is 35.5. The van der Waals surface area contributed by atoms with Crippen molar-refractivity contribution in [2.24, 2.45) is 0 Å². The van der Waals surface area contributed by atoms with Crippen LogP contribution in [0.25, 0.3) is 5.69 Å². The number of hydrogen-bond donors (Lipinski definition) is 1. The largest absolute Gasteiger partial charge is 0.474 e. The molecule has 0 saturated heterocycles. The predicted octanol–water partition coefficient (Wildman–Crippen LogP) is 3.81. The molecule has 0 spiro atoms. The van der Waals surface area contributed by atoms with Crippen LogP contribution in [-0.2, 0) is 13.1 Å². The zero-order valence-corrected chi connectivity index (χ0v) is 17.4. The Morgan fingerprint density at radius 2 is 1.97 bits per heavy atom. The van der Waals surface area contributed by atoms with Crippen LogP contribution in [0.3, 0.4) is 0 Å². The third kappa shape index (κ3) is 3.93. The summed E-state index contributed by atoms with van der Waals surface area (Å²) in [5.41, 5.74) is 1.73. The first-order valence-electron chi connectivity index (χ1n) is 10.2. The molecule has 1 aliphatic carbocycles. The fourth-order valence-electron chi connectivity index (χ4n) is 4.38. The maximum atomic E-state index is 11.7. The van der Waals surface area contributed by atoms with Crippen LogP contribution in [0, 0.1) is 0 Å². The monoisotopic (exact) mass is 440 g/mol. The molecule has 1 aliphatic heterocycles. The number of aromatic nitrogens is 5. The van der Waals surface area contributed by atoms with E-state index >= 15 is 0 Å². The van der Waals surface area contributed by atoms with E-state index in [0.717, 1.165) is 42.8 Å². The molecule has 2 aliphatic rings. The number of benzene rings is 1. The van der Waals surface area contributed by atoms with Crippen molar-refractivity contribution in [3.63, 3.8) is 0 Å². The Morgan fingerprint density at radius 1 is 1.13 bits per heavy atom. The Balaban J connectivity index is 1.41. The van der Waals surface area contributed by atoms with Crippen LogP contribution in [-0.4, -0.2) is 46.9 Å². The maximum Gasteiger partial charge on any atom is 0.408 e. The quantitative estimate of drug-likeness (QED) is 0.659. The van der Waals surface area contributed by atoms with Gasteiger partial charge in [-0.05, 0) is 49.4 Å². The molecule has 3 heterocycles. The van der Waals surface area contributed by atoms with Crippen molar-refractivity contribution in [3.05, 3.63) is 59.0 Å². The molecule has 1 amide bonds. The highest BCUT2D eigenvalue weighted by molar-refractivity contribution is 6.30. The molecule has 1 fully saturated rings. The first-order valence-corrected chi connectivity index (χ1v) is 10.6. The summed E-state index contributed by atoms with van der Waals surface area (Å²) in [6.07, 6.45) is 5.83. The van der Waals surface area contributed by atoms with Crippen molar-refractivity contribution in [3.8, 4) is 11.6 Å². The summed E-state index contributed by atoms with van der Waals surface area (Å²) in [5, 5.41) is 19.0. The summed E-state index contributed by atoms with van der Waals surface area (Å²) in [6.45, 7) is 0.439. The second kappa shape index (κ2) is 8.14. The zero-order chi connectivity index (χ0) is 21.4. The van der Waals surface area contributed by atoms with Gasteiger partial charge >= 0.3 is 6.09 Å². The van der Waals surface area contributed by atoms with E-state index in [4.69, 9.17) is 16.3 Å². The molecule has 1 saturated carbocycles. The maximum absolute atomic E-state index is 11.7. The highest BCUT2D eigenvalue weighted by Gasteiger charge is 2.32. The smallest absolute Gasteiger partial charge is 0.408 e. The van der Waals surface area contributed by atoms with E-state index in [1.807, 2.05) is 22.8 Å². The normalized spacial score (nSPS) is 20.5. The Kier molecular flexibility index (Phi) is 5.19. The molecule has 2 aromatic heterocycles.